The second kappa shape index (κ2) is 8.20. The van der Waals surface area contributed by atoms with Gasteiger partial charge in [-0.05, 0) is 14.0 Å². The Hall–Kier alpha value is -0.980. The van der Waals surface area contributed by atoms with E-state index < -0.39 is 12.1 Å². The molecule has 2 N–H and O–H groups in total. The van der Waals surface area contributed by atoms with Crippen molar-refractivity contribution in [2.75, 3.05) is 34.5 Å². The van der Waals surface area contributed by atoms with E-state index in [1.54, 1.807) is 7.05 Å². The molecule has 0 rings (SSSR count). The first-order valence-corrected chi connectivity index (χ1v) is 5.02. The van der Waals surface area contributed by atoms with Crippen LogP contribution in [-0.2, 0) is 19.1 Å². The second-order valence-electron chi connectivity index (χ2n) is 3.42. The molecule has 0 saturated heterocycles. The van der Waals surface area contributed by atoms with Crippen molar-refractivity contribution in [1.82, 2.24) is 10.6 Å². The van der Waals surface area contributed by atoms with Gasteiger partial charge in [0.2, 0.25) is 5.91 Å². The lowest BCUT2D eigenvalue weighted by Gasteiger charge is -2.19. The third kappa shape index (κ3) is 5.20. The monoisotopic (exact) mass is 232 g/mol. The van der Waals surface area contributed by atoms with Crippen LogP contribution in [0.2, 0.25) is 0 Å². The minimum Gasteiger partial charge on any atom is -0.383 e. The summed E-state index contributed by atoms with van der Waals surface area (Å²) in [5.41, 5.74) is 0. The Bertz CT molecular complexity index is 233. The van der Waals surface area contributed by atoms with Gasteiger partial charge < -0.3 is 20.1 Å². The molecule has 0 fully saturated rings. The van der Waals surface area contributed by atoms with Crippen molar-refractivity contribution in [3.63, 3.8) is 0 Å². The molecule has 0 aromatic heterocycles. The highest BCUT2D eigenvalue weighted by molar-refractivity contribution is 5.89. The maximum atomic E-state index is 11.7. The number of rotatable bonds is 8. The summed E-state index contributed by atoms with van der Waals surface area (Å²) in [5, 5.41) is 5.40. The van der Waals surface area contributed by atoms with Gasteiger partial charge in [-0.3, -0.25) is 9.59 Å². The summed E-state index contributed by atoms with van der Waals surface area (Å²) in [6.45, 7) is 1.83. The summed E-state index contributed by atoms with van der Waals surface area (Å²) in [6.07, 6.45) is 0. The molecular weight excluding hydrogens is 212 g/mol. The van der Waals surface area contributed by atoms with E-state index in [1.165, 1.54) is 21.1 Å². The number of nitrogens with one attached hydrogen (secondary N) is 2. The summed E-state index contributed by atoms with van der Waals surface area (Å²) in [5.74, 6) is -0.413. The topological polar surface area (TPSA) is 76.7 Å². The van der Waals surface area contributed by atoms with Gasteiger partial charge in [0.1, 0.15) is 12.1 Å². The van der Waals surface area contributed by atoms with Crippen LogP contribution < -0.4 is 10.6 Å². The molecule has 0 aliphatic rings. The van der Waals surface area contributed by atoms with Gasteiger partial charge in [-0.1, -0.05) is 0 Å². The molecule has 0 aromatic carbocycles. The predicted octanol–water partition coefficient (Wildman–Crippen LogP) is -1.06. The van der Waals surface area contributed by atoms with Gasteiger partial charge in [0.25, 0.3) is 0 Å². The van der Waals surface area contributed by atoms with Gasteiger partial charge in [-0.25, -0.2) is 0 Å². The fraction of sp³-hybridized carbons (Fsp3) is 0.800. The number of hydrogen-bond donors (Lipinski definition) is 2. The summed E-state index contributed by atoms with van der Waals surface area (Å²) < 4.78 is 9.73. The quantitative estimate of drug-likeness (QED) is 0.558. The lowest BCUT2D eigenvalue weighted by atomic mass is 10.2. The summed E-state index contributed by atoms with van der Waals surface area (Å²) in [7, 11) is 4.64. The lowest BCUT2D eigenvalue weighted by molar-refractivity contribution is -0.130. The van der Waals surface area contributed by atoms with E-state index >= 15 is 0 Å². The van der Waals surface area contributed by atoms with Gasteiger partial charge in [0.15, 0.2) is 5.78 Å². The molecule has 0 saturated carbocycles. The highest BCUT2D eigenvalue weighted by Crippen LogP contribution is 1.91. The molecule has 6 nitrogen and oxygen atoms in total. The third-order valence-electron chi connectivity index (χ3n) is 2.14. The maximum Gasteiger partial charge on any atom is 0.240 e. The SMILES string of the molecule is CN[C@@H](COC)C(=O)N[C@@H](COC)C(C)=O. The average molecular weight is 232 g/mol. The van der Waals surface area contributed by atoms with E-state index in [1.807, 2.05) is 0 Å². The standard InChI is InChI=1S/C10H20N2O4/c1-7(13)8(5-15-3)12-10(14)9(11-2)6-16-4/h8-9,11H,5-6H2,1-4H3,(H,12,14)/t8-,9-/m0/s1. The number of ketones is 1. The zero-order valence-corrected chi connectivity index (χ0v) is 10.2. The molecule has 0 radical (unpaired) electrons. The number of hydrogen-bond acceptors (Lipinski definition) is 5. The van der Waals surface area contributed by atoms with Crippen LogP contribution in [-0.4, -0.2) is 58.3 Å². The van der Waals surface area contributed by atoms with Crippen LogP contribution >= 0.6 is 0 Å². The number of methoxy groups -OCH3 is 2. The molecule has 6 heteroatoms. The van der Waals surface area contributed by atoms with Crippen LogP contribution in [0.15, 0.2) is 0 Å². The van der Waals surface area contributed by atoms with E-state index in [0.717, 1.165) is 0 Å². The maximum absolute atomic E-state index is 11.7. The third-order valence-corrected chi connectivity index (χ3v) is 2.14. The van der Waals surface area contributed by atoms with Crippen LogP contribution in [0.25, 0.3) is 0 Å². The Morgan fingerprint density at radius 3 is 2.00 bits per heavy atom. The van der Waals surface area contributed by atoms with Crippen molar-refractivity contribution >= 4 is 11.7 Å². The fourth-order valence-electron chi connectivity index (χ4n) is 1.16. The molecule has 2 atom stereocenters. The summed E-state index contributed by atoms with van der Waals surface area (Å²) in [4.78, 5) is 22.9. The van der Waals surface area contributed by atoms with Crippen LogP contribution in [0.3, 0.4) is 0 Å². The molecule has 0 unspecified atom stereocenters. The Balaban J connectivity index is 4.31. The first kappa shape index (κ1) is 15.0. The van der Waals surface area contributed by atoms with E-state index in [2.05, 4.69) is 10.6 Å². The molecule has 16 heavy (non-hydrogen) atoms. The Kier molecular flexibility index (Phi) is 7.70. The van der Waals surface area contributed by atoms with Crippen molar-refractivity contribution in [3.05, 3.63) is 0 Å². The highest BCUT2D eigenvalue weighted by atomic mass is 16.5. The second-order valence-corrected chi connectivity index (χ2v) is 3.42. The van der Waals surface area contributed by atoms with E-state index in [-0.39, 0.29) is 24.9 Å². The zero-order valence-electron chi connectivity index (χ0n) is 10.2. The Labute approximate surface area is 95.7 Å². The van der Waals surface area contributed by atoms with E-state index in [0.29, 0.717) is 0 Å². The van der Waals surface area contributed by atoms with Crippen LogP contribution in [0.5, 0.6) is 0 Å². The molecule has 94 valence electrons. The molecule has 0 aliphatic heterocycles. The largest absolute Gasteiger partial charge is 0.383 e. The predicted molar refractivity (Wildman–Crippen MR) is 59.2 cm³/mol. The minimum atomic E-state index is -0.606. The van der Waals surface area contributed by atoms with Gasteiger partial charge in [-0.15, -0.1) is 0 Å². The van der Waals surface area contributed by atoms with Crippen molar-refractivity contribution in [2.45, 2.75) is 19.0 Å². The minimum absolute atomic E-state index is 0.137. The van der Waals surface area contributed by atoms with Crippen molar-refractivity contribution in [3.8, 4) is 0 Å². The number of amides is 1. The normalized spacial score (nSPS) is 14.2. The molecule has 0 aliphatic carbocycles. The van der Waals surface area contributed by atoms with Gasteiger partial charge in [0.05, 0.1) is 13.2 Å². The molecule has 0 heterocycles. The Morgan fingerprint density at radius 2 is 1.62 bits per heavy atom. The van der Waals surface area contributed by atoms with Crippen molar-refractivity contribution in [2.24, 2.45) is 0 Å². The Morgan fingerprint density at radius 1 is 1.12 bits per heavy atom. The average Bonchev–Trinajstić information content (AvgIpc) is 2.24. The van der Waals surface area contributed by atoms with Crippen molar-refractivity contribution < 1.29 is 19.1 Å². The highest BCUT2D eigenvalue weighted by Gasteiger charge is 2.22. The lowest BCUT2D eigenvalue weighted by Crippen LogP contribution is -2.52. The van der Waals surface area contributed by atoms with Gasteiger partial charge >= 0.3 is 0 Å². The molecule has 0 bridgehead atoms. The first-order valence-electron chi connectivity index (χ1n) is 5.02. The van der Waals surface area contributed by atoms with E-state index in [4.69, 9.17) is 9.47 Å². The number of carbonyl (C=O) groups is 2. The summed E-state index contributed by atoms with van der Waals surface area (Å²) >= 11 is 0. The molecule has 0 aromatic rings. The fourth-order valence-corrected chi connectivity index (χ4v) is 1.16. The first-order chi connectivity index (χ1) is 7.56. The van der Waals surface area contributed by atoms with Gasteiger partial charge in [-0.2, -0.15) is 0 Å². The van der Waals surface area contributed by atoms with Crippen LogP contribution in [0.4, 0.5) is 0 Å². The van der Waals surface area contributed by atoms with Crippen LogP contribution in [0.1, 0.15) is 6.92 Å². The molecular formula is C10H20N2O4. The number of ether oxygens (including phenoxy) is 2. The summed E-state index contributed by atoms with van der Waals surface area (Å²) in [6, 6.07) is -1.08. The smallest absolute Gasteiger partial charge is 0.240 e. The van der Waals surface area contributed by atoms with Crippen molar-refractivity contribution in [1.29, 1.82) is 0 Å². The zero-order chi connectivity index (χ0) is 12.6. The number of carbonyl (C=O) groups excluding carboxylic acids is 2. The number of Topliss-reactive ketones (excluding diaryl/α,β-unsaturated/α-hetero) is 1. The van der Waals surface area contributed by atoms with E-state index in [9.17, 15) is 9.59 Å². The van der Waals surface area contributed by atoms with Gasteiger partial charge in [0, 0.05) is 14.2 Å². The molecule has 1 amide bonds. The van der Waals surface area contributed by atoms with Crippen LogP contribution in [0, 0.1) is 0 Å². The number of likely N-dealkylation sites (N-methyl/N-ethyl adjacent to an activating group) is 1. The molecule has 0 spiro atoms.